The zero-order valence-electron chi connectivity index (χ0n) is 9.50. The summed E-state index contributed by atoms with van der Waals surface area (Å²) in [5, 5.41) is 0. The highest BCUT2D eigenvalue weighted by Gasteiger charge is 2.25. The van der Waals surface area contributed by atoms with Crippen LogP contribution in [0.1, 0.15) is 44.2 Å². The lowest BCUT2D eigenvalue weighted by atomic mass is 9.96. The lowest BCUT2D eigenvalue weighted by molar-refractivity contribution is 0.410. The van der Waals surface area contributed by atoms with Crippen molar-refractivity contribution in [2.24, 2.45) is 0 Å². The quantitative estimate of drug-likeness (QED) is 0.415. The maximum Gasteiger partial charge on any atom is 0.195 e. The molecule has 90 valence electrons. The molecule has 0 N–H and O–H groups in total. The summed E-state index contributed by atoms with van der Waals surface area (Å²) in [7, 11) is 0. The first-order valence-corrected chi connectivity index (χ1v) is 5.26. The van der Waals surface area contributed by atoms with E-state index in [0.717, 1.165) is 0 Å². The second kappa shape index (κ2) is 4.85. The van der Waals surface area contributed by atoms with Crippen LogP contribution in [0.25, 0.3) is 0 Å². The van der Waals surface area contributed by atoms with E-state index in [1.165, 1.54) is 13.8 Å². The fraction of sp³-hybridized carbons (Fsp3) is 0.500. The molecule has 0 unspecified atom stereocenters. The summed E-state index contributed by atoms with van der Waals surface area (Å²) in [6.45, 7) is 4.79. The Morgan fingerprint density at radius 1 is 0.875 bits per heavy atom. The summed E-state index contributed by atoms with van der Waals surface area (Å²) < 4.78 is 53.6. The van der Waals surface area contributed by atoms with E-state index < -0.39 is 29.2 Å². The number of rotatable bonds is 3. The maximum absolute atomic E-state index is 13.8. The second-order valence-electron chi connectivity index (χ2n) is 4.05. The van der Waals surface area contributed by atoms with E-state index in [-0.39, 0.29) is 17.5 Å². The van der Waals surface area contributed by atoms with E-state index in [1.807, 2.05) is 0 Å². The Bertz CT molecular complexity index is 397. The molecule has 0 atom stereocenters. The second-order valence-corrected chi connectivity index (χ2v) is 4.05. The monoisotopic (exact) mass is 234 g/mol. The molecule has 0 nitrogen and oxygen atoms in total. The van der Waals surface area contributed by atoms with E-state index in [1.54, 1.807) is 6.92 Å². The van der Waals surface area contributed by atoms with Gasteiger partial charge < -0.3 is 0 Å². The van der Waals surface area contributed by atoms with Gasteiger partial charge in [0.05, 0.1) is 0 Å². The van der Waals surface area contributed by atoms with Crippen LogP contribution >= 0.6 is 0 Å². The van der Waals surface area contributed by atoms with Gasteiger partial charge >= 0.3 is 0 Å². The predicted octanol–water partition coefficient (Wildman–Crippen LogP) is 4.32. The van der Waals surface area contributed by atoms with Gasteiger partial charge in [0.2, 0.25) is 0 Å². The molecule has 4 heteroatoms. The Labute approximate surface area is 92.3 Å². The van der Waals surface area contributed by atoms with Crippen molar-refractivity contribution in [3.63, 3.8) is 0 Å². The summed E-state index contributed by atoms with van der Waals surface area (Å²) in [5.74, 6) is -5.86. The molecule has 0 spiro atoms. The number of hydrogen-bond acceptors (Lipinski definition) is 0. The van der Waals surface area contributed by atoms with Gasteiger partial charge in [0.1, 0.15) is 5.82 Å². The fourth-order valence-electron chi connectivity index (χ4n) is 1.68. The molecule has 0 aliphatic carbocycles. The molecule has 16 heavy (non-hydrogen) atoms. The molecule has 0 bridgehead atoms. The van der Waals surface area contributed by atoms with Crippen LogP contribution in [0.3, 0.4) is 0 Å². The lowest BCUT2D eigenvalue weighted by Crippen LogP contribution is -2.09. The van der Waals surface area contributed by atoms with Crippen LogP contribution in [0.5, 0.6) is 0 Å². The molecule has 1 aromatic carbocycles. The molecular weight excluding hydrogens is 220 g/mol. The largest absolute Gasteiger partial charge is 0.206 e. The van der Waals surface area contributed by atoms with Crippen molar-refractivity contribution < 1.29 is 17.6 Å². The van der Waals surface area contributed by atoms with Gasteiger partial charge in [0, 0.05) is 11.1 Å². The van der Waals surface area contributed by atoms with E-state index in [4.69, 9.17) is 0 Å². The van der Waals surface area contributed by atoms with Gasteiger partial charge in [-0.15, -0.1) is 0 Å². The van der Waals surface area contributed by atoms with E-state index in [2.05, 4.69) is 0 Å². The number of benzene rings is 1. The Morgan fingerprint density at radius 3 is 1.88 bits per heavy atom. The van der Waals surface area contributed by atoms with Gasteiger partial charge in [-0.05, 0) is 12.3 Å². The molecule has 0 heterocycles. The van der Waals surface area contributed by atoms with Gasteiger partial charge in [0.15, 0.2) is 17.5 Å². The van der Waals surface area contributed by atoms with Gasteiger partial charge in [-0.2, -0.15) is 0 Å². The van der Waals surface area contributed by atoms with Gasteiger partial charge in [-0.3, -0.25) is 0 Å². The number of halogens is 4. The van der Waals surface area contributed by atoms with Crippen molar-refractivity contribution in [3.05, 3.63) is 34.4 Å². The highest BCUT2D eigenvalue weighted by Crippen LogP contribution is 2.29. The van der Waals surface area contributed by atoms with E-state index >= 15 is 0 Å². The molecule has 1 rings (SSSR count). The van der Waals surface area contributed by atoms with Crippen molar-refractivity contribution in [1.82, 2.24) is 0 Å². The van der Waals surface area contributed by atoms with Crippen molar-refractivity contribution in [3.8, 4) is 0 Å². The minimum atomic E-state index is -1.58. The van der Waals surface area contributed by atoms with Crippen molar-refractivity contribution in [1.29, 1.82) is 0 Å². The minimum Gasteiger partial charge on any atom is -0.206 e. The molecule has 0 aliphatic rings. The first kappa shape index (κ1) is 13.0. The average molecular weight is 234 g/mol. The van der Waals surface area contributed by atoms with Crippen LogP contribution in [0.15, 0.2) is 0 Å². The molecule has 0 aliphatic heterocycles. The van der Waals surface area contributed by atoms with E-state index in [0.29, 0.717) is 6.42 Å². The third kappa shape index (κ3) is 2.06. The van der Waals surface area contributed by atoms with Gasteiger partial charge in [-0.25, -0.2) is 17.6 Å². The maximum atomic E-state index is 13.8. The van der Waals surface area contributed by atoms with Crippen LogP contribution in [0.2, 0.25) is 0 Å². The third-order valence-corrected chi connectivity index (χ3v) is 2.47. The Balaban J connectivity index is 3.52. The number of hydrogen-bond donors (Lipinski definition) is 0. The topological polar surface area (TPSA) is 0 Å². The van der Waals surface area contributed by atoms with Crippen LogP contribution in [0.4, 0.5) is 17.6 Å². The Morgan fingerprint density at radius 2 is 1.44 bits per heavy atom. The van der Waals surface area contributed by atoms with Gasteiger partial charge in [-0.1, -0.05) is 27.2 Å². The normalized spacial score (nSPS) is 11.2. The molecule has 0 saturated heterocycles. The SMILES string of the molecule is CCCc1c(F)c(F)c(F)c(C(C)C)c1F. The van der Waals surface area contributed by atoms with Crippen molar-refractivity contribution in [2.45, 2.75) is 39.5 Å². The van der Waals surface area contributed by atoms with Crippen LogP contribution in [-0.2, 0) is 6.42 Å². The summed E-state index contributed by atoms with van der Waals surface area (Å²) >= 11 is 0. The lowest BCUT2D eigenvalue weighted by Gasteiger charge is -2.14. The van der Waals surface area contributed by atoms with Gasteiger partial charge in [0.25, 0.3) is 0 Å². The van der Waals surface area contributed by atoms with Crippen molar-refractivity contribution in [2.75, 3.05) is 0 Å². The Hall–Kier alpha value is -1.06. The highest BCUT2D eigenvalue weighted by atomic mass is 19.2. The van der Waals surface area contributed by atoms with Crippen LogP contribution in [-0.4, -0.2) is 0 Å². The smallest absolute Gasteiger partial charge is 0.195 e. The summed E-state index contributed by atoms with van der Waals surface area (Å²) in [5.41, 5.74) is -0.729. The van der Waals surface area contributed by atoms with Crippen LogP contribution in [0, 0.1) is 23.3 Å². The zero-order valence-corrected chi connectivity index (χ0v) is 9.50. The predicted molar refractivity (Wildman–Crippen MR) is 54.4 cm³/mol. The van der Waals surface area contributed by atoms with Crippen molar-refractivity contribution >= 4 is 0 Å². The Kier molecular flexibility index (Phi) is 3.94. The highest BCUT2D eigenvalue weighted by molar-refractivity contribution is 5.32. The first-order valence-electron chi connectivity index (χ1n) is 5.26. The van der Waals surface area contributed by atoms with Crippen LogP contribution < -0.4 is 0 Å². The molecule has 0 saturated carbocycles. The summed E-state index contributed by atoms with van der Waals surface area (Å²) in [6, 6.07) is 0. The third-order valence-electron chi connectivity index (χ3n) is 2.47. The standard InChI is InChI=1S/C12H14F4/c1-4-5-7-9(13)8(6(2)3)11(15)12(16)10(7)14/h6H,4-5H2,1-3H3. The molecule has 0 radical (unpaired) electrons. The molecular formula is C12H14F4. The minimum absolute atomic E-state index is 0.0641. The molecule has 0 fully saturated rings. The average Bonchev–Trinajstić information content (AvgIpc) is 2.21. The summed E-state index contributed by atoms with van der Waals surface area (Å²) in [6.07, 6.45) is 0.533. The fourth-order valence-corrected chi connectivity index (χ4v) is 1.68. The summed E-state index contributed by atoms with van der Waals surface area (Å²) in [4.78, 5) is 0. The first-order chi connectivity index (χ1) is 7.41. The van der Waals surface area contributed by atoms with E-state index in [9.17, 15) is 17.6 Å². The molecule has 0 amide bonds. The zero-order chi connectivity index (χ0) is 12.5. The molecule has 0 aromatic heterocycles. The molecule has 1 aromatic rings.